The fraction of sp³-hybridized carbons (Fsp3) is 0.0625. The number of hydrogen-bond acceptors (Lipinski definition) is 3. The maximum Gasteiger partial charge on any atom is 0.287 e. The number of amides is 1. The van der Waals surface area contributed by atoms with Gasteiger partial charge in [0.05, 0.1) is 5.41 Å². The van der Waals surface area contributed by atoms with Crippen LogP contribution in [0.25, 0.3) is 6.08 Å². The van der Waals surface area contributed by atoms with Crippen molar-refractivity contribution in [3.8, 4) is 0 Å². The molecule has 8 heteroatoms. The first-order chi connectivity index (χ1) is 11.1. The van der Waals surface area contributed by atoms with Crippen LogP contribution in [0.2, 0.25) is 10.0 Å². The van der Waals surface area contributed by atoms with Crippen molar-refractivity contribution in [1.29, 1.82) is 0 Å². The molecule has 24 heavy (non-hydrogen) atoms. The molecule has 0 saturated carbocycles. The fourth-order valence-corrected chi connectivity index (χ4v) is 2.43. The zero-order valence-electron chi connectivity index (χ0n) is 12.6. The van der Waals surface area contributed by atoms with Crippen LogP contribution in [-0.2, 0) is 10.1 Å². The molecule has 3 N–H and O–H groups in total. The highest BCUT2D eigenvalue weighted by molar-refractivity contribution is 7.88. The number of primary amides is 1. The minimum atomic E-state index is -4.06. The number of benzene rings is 2. The SMILES string of the molecule is Cc1cc(Cl)ccc1C(N)=O.O=S(=O)(O)C=Cc1cccc(Cl)c1. The second-order valence-corrected chi connectivity index (χ2v) is 6.87. The van der Waals surface area contributed by atoms with Gasteiger partial charge in [0.1, 0.15) is 0 Å². The van der Waals surface area contributed by atoms with Crippen LogP contribution in [-0.4, -0.2) is 18.9 Å². The van der Waals surface area contributed by atoms with Crippen molar-refractivity contribution in [1.82, 2.24) is 0 Å². The lowest BCUT2D eigenvalue weighted by Crippen LogP contribution is -2.12. The first-order valence-electron chi connectivity index (χ1n) is 6.55. The number of aryl methyl sites for hydroxylation is 1. The summed E-state index contributed by atoms with van der Waals surface area (Å²) in [5, 5.41) is 1.84. The van der Waals surface area contributed by atoms with E-state index in [0.29, 0.717) is 26.6 Å². The van der Waals surface area contributed by atoms with E-state index in [0.717, 1.165) is 5.56 Å². The monoisotopic (exact) mass is 387 g/mol. The van der Waals surface area contributed by atoms with E-state index in [2.05, 4.69) is 0 Å². The van der Waals surface area contributed by atoms with Crippen LogP contribution in [0.5, 0.6) is 0 Å². The molecule has 0 aromatic heterocycles. The topological polar surface area (TPSA) is 97.5 Å². The molecular formula is C16H15Cl2NO4S. The number of carbonyl (C=O) groups excluding carboxylic acids is 1. The van der Waals surface area contributed by atoms with Gasteiger partial charge in [-0.1, -0.05) is 35.3 Å². The highest BCUT2D eigenvalue weighted by Gasteiger charge is 2.03. The van der Waals surface area contributed by atoms with E-state index < -0.39 is 16.0 Å². The summed E-state index contributed by atoms with van der Waals surface area (Å²) >= 11 is 11.3. The van der Waals surface area contributed by atoms with Crippen LogP contribution < -0.4 is 5.73 Å². The molecule has 0 bridgehead atoms. The molecule has 2 rings (SSSR count). The predicted octanol–water partition coefficient (Wildman–Crippen LogP) is 3.95. The Balaban J connectivity index is 0.000000243. The van der Waals surface area contributed by atoms with Gasteiger partial charge in [0.15, 0.2) is 0 Å². The van der Waals surface area contributed by atoms with E-state index in [1.54, 1.807) is 49.4 Å². The molecule has 0 atom stereocenters. The third-order valence-corrected chi connectivity index (χ3v) is 3.69. The number of nitrogens with two attached hydrogens (primary N) is 1. The Morgan fingerprint density at radius 2 is 1.75 bits per heavy atom. The molecular weight excluding hydrogens is 373 g/mol. The van der Waals surface area contributed by atoms with Crippen molar-refractivity contribution < 1.29 is 17.8 Å². The normalized spacial score (nSPS) is 11.0. The van der Waals surface area contributed by atoms with Gasteiger partial charge in [-0.05, 0) is 54.5 Å². The summed E-state index contributed by atoms with van der Waals surface area (Å²) in [5.74, 6) is -0.417. The van der Waals surface area contributed by atoms with Gasteiger partial charge in [-0.2, -0.15) is 8.42 Å². The maximum absolute atomic E-state index is 10.7. The third kappa shape index (κ3) is 7.61. The molecule has 0 aliphatic heterocycles. The lowest BCUT2D eigenvalue weighted by Gasteiger charge is -1.99. The van der Waals surface area contributed by atoms with E-state index in [1.807, 2.05) is 0 Å². The van der Waals surface area contributed by atoms with Crippen molar-refractivity contribution in [3.05, 3.63) is 74.6 Å². The average molecular weight is 388 g/mol. The summed E-state index contributed by atoms with van der Waals surface area (Å²) in [4.78, 5) is 10.7. The second kappa shape index (κ2) is 8.84. The van der Waals surface area contributed by atoms with Gasteiger partial charge in [-0.15, -0.1) is 0 Å². The molecule has 1 amide bonds. The molecule has 2 aromatic rings. The summed E-state index contributed by atoms with van der Waals surface area (Å²) in [6.07, 6.45) is 1.27. The van der Waals surface area contributed by atoms with E-state index >= 15 is 0 Å². The van der Waals surface area contributed by atoms with E-state index in [1.165, 1.54) is 6.08 Å². The van der Waals surface area contributed by atoms with Crippen LogP contribution in [0.1, 0.15) is 21.5 Å². The highest BCUT2D eigenvalue weighted by atomic mass is 35.5. The zero-order valence-corrected chi connectivity index (χ0v) is 14.9. The molecule has 0 saturated heterocycles. The van der Waals surface area contributed by atoms with Crippen molar-refractivity contribution >= 4 is 45.3 Å². The van der Waals surface area contributed by atoms with Gasteiger partial charge in [-0.25, -0.2) is 0 Å². The lowest BCUT2D eigenvalue weighted by molar-refractivity contribution is 0.0999. The van der Waals surface area contributed by atoms with Gasteiger partial charge in [0.25, 0.3) is 10.1 Å². The minimum Gasteiger partial charge on any atom is -0.366 e. The summed E-state index contributed by atoms with van der Waals surface area (Å²) in [5.41, 5.74) is 7.03. The van der Waals surface area contributed by atoms with E-state index in [4.69, 9.17) is 33.5 Å². The smallest absolute Gasteiger partial charge is 0.287 e. The Hall–Kier alpha value is -1.86. The van der Waals surface area contributed by atoms with Crippen molar-refractivity contribution in [2.24, 2.45) is 5.73 Å². The summed E-state index contributed by atoms with van der Waals surface area (Å²) in [6, 6.07) is 11.6. The third-order valence-electron chi connectivity index (χ3n) is 2.74. The van der Waals surface area contributed by atoms with Crippen molar-refractivity contribution in [2.75, 3.05) is 0 Å². The molecule has 0 radical (unpaired) electrons. The molecule has 128 valence electrons. The maximum atomic E-state index is 10.7. The van der Waals surface area contributed by atoms with Gasteiger partial charge < -0.3 is 5.73 Å². The number of carbonyl (C=O) groups is 1. The first kappa shape index (κ1) is 20.2. The molecule has 0 unspecified atom stereocenters. The molecule has 0 fully saturated rings. The Labute approximate surface area is 150 Å². The average Bonchev–Trinajstić information content (AvgIpc) is 2.45. The van der Waals surface area contributed by atoms with E-state index in [-0.39, 0.29) is 0 Å². The fourth-order valence-electron chi connectivity index (χ4n) is 1.68. The molecule has 0 heterocycles. The van der Waals surface area contributed by atoms with Gasteiger partial charge in [0, 0.05) is 15.6 Å². The standard InChI is InChI=1S/C8H8ClNO.C8H7ClO3S/c1-5-4-6(9)2-3-7(5)8(10)11;9-8-3-1-2-7(6-8)4-5-13(10,11)12/h2-4H,1H3,(H2,10,11);1-6H,(H,10,11,12). The number of hydrogen-bond donors (Lipinski definition) is 2. The largest absolute Gasteiger partial charge is 0.366 e. The van der Waals surface area contributed by atoms with Crippen molar-refractivity contribution in [3.63, 3.8) is 0 Å². The van der Waals surface area contributed by atoms with E-state index in [9.17, 15) is 13.2 Å². The Bertz CT molecular complexity index is 864. The molecule has 5 nitrogen and oxygen atoms in total. The van der Waals surface area contributed by atoms with Gasteiger partial charge in [-0.3, -0.25) is 9.35 Å². The number of halogens is 2. The van der Waals surface area contributed by atoms with Crippen molar-refractivity contribution in [2.45, 2.75) is 6.92 Å². The minimum absolute atomic E-state index is 0.417. The van der Waals surface area contributed by atoms with Gasteiger partial charge in [0.2, 0.25) is 5.91 Å². The van der Waals surface area contributed by atoms with Crippen LogP contribution in [0, 0.1) is 6.92 Å². The van der Waals surface area contributed by atoms with Crippen LogP contribution in [0.15, 0.2) is 47.9 Å². The molecule has 0 spiro atoms. The van der Waals surface area contributed by atoms with Crippen LogP contribution >= 0.6 is 23.2 Å². The highest BCUT2D eigenvalue weighted by Crippen LogP contribution is 2.14. The van der Waals surface area contributed by atoms with Crippen LogP contribution in [0.4, 0.5) is 0 Å². The van der Waals surface area contributed by atoms with Gasteiger partial charge >= 0.3 is 0 Å². The summed E-state index contributed by atoms with van der Waals surface area (Å²) in [7, 11) is -4.06. The first-order valence-corrected chi connectivity index (χ1v) is 8.81. The quantitative estimate of drug-likeness (QED) is 0.778. The lowest BCUT2D eigenvalue weighted by atomic mass is 10.1. The Morgan fingerprint density at radius 3 is 2.25 bits per heavy atom. The predicted molar refractivity (Wildman–Crippen MR) is 96.7 cm³/mol. The second-order valence-electron chi connectivity index (χ2n) is 4.70. The Morgan fingerprint density at radius 1 is 1.12 bits per heavy atom. The zero-order chi connectivity index (χ0) is 18.3. The van der Waals surface area contributed by atoms with Crippen LogP contribution in [0.3, 0.4) is 0 Å². The summed E-state index contributed by atoms with van der Waals surface area (Å²) < 4.78 is 29.1. The number of rotatable bonds is 3. The molecule has 0 aliphatic rings. The molecule has 2 aromatic carbocycles. The Kier molecular flexibility index (Phi) is 7.44. The summed E-state index contributed by atoms with van der Waals surface area (Å²) in [6.45, 7) is 1.80. The molecule has 0 aliphatic carbocycles.